The average molecular weight is 318 g/mol. The molecule has 1 N–H and O–H groups in total. The van der Waals surface area contributed by atoms with Gasteiger partial charge in [0.1, 0.15) is 0 Å². The molecule has 0 heterocycles. The summed E-state index contributed by atoms with van der Waals surface area (Å²) < 4.78 is 24.9. The fourth-order valence-corrected chi connectivity index (χ4v) is 2.96. The summed E-state index contributed by atoms with van der Waals surface area (Å²) in [5.74, 6) is -0.524. The lowest BCUT2D eigenvalue weighted by molar-refractivity contribution is -0.120. The fourth-order valence-electron chi connectivity index (χ4n) is 1.86. The molecule has 1 amide bonds. The molecular weight excluding hydrogens is 306 g/mol. The molecule has 1 aromatic carbocycles. The van der Waals surface area contributed by atoms with Crippen LogP contribution in [0.25, 0.3) is 0 Å². The third-order valence-electron chi connectivity index (χ3n) is 2.72. The van der Waals surface area contributed by atoms with Gasteiger partial charge in [-0.3, -0.25) is 9.52 Å². The van der Waals surface area contributed by atoms with Gasteiger partial charge in [0.25, 0.3) is 0 Å². The number of hydrogen-bond acceptors (Lipinski definition) is 3. The van der Waals surface area contributed by atoms with Gasteiger partial charge >= 0.3 is 0 Å². The molecule has 0 spiro atoms. The Morgan fingerprint density at radius 3 is 2.65 bits per heavy atom. The topological polar surface area (TPSA) is 63.2 Å². The van der Waals surface area contributed by atoms with E-state index in [9.17, 15) is 13.2 Å². The summed E-state index contributed by atoms with van der Waals surface area (Å²) in [5, 5.41) is 0. The van der Waals surface area contributed by atoms with Crippen molar-refractivity contribution in [3.05, 3.63) is 34.3 Å². The molecule has 92 valence electrons. The summed E-state index contributed by atoms with van der Waals surface area (Å²) >= 11 is 3.42. The zero-order chi connectivity index (χ0) is 12.6. The van der Waals surface area contributed by atoms with E-state index in [-0.39, 0.29) is 11.8 Å². The highest BCUT2D eigenvalue weighted by Gasteiger charge is 2.45. The molecule has 1 aliphatic rings. The van der Waals surface area contributed by atoms with Crippen LogP contribution in [0.5, 0.6) is 0 Å². The molecule has 0 radical (unpaired) electrons. The zero-order valence-corrected chi connectivity index (χ0v) is 11.6. The van der Waals surface area contributed by atoms with E-state index < -0.39 is 15.9 Å². The van der Waals surface area contributed by atoms with E-state index in [1.165, 1.54) is 0 Å². The average Bonchev–Trinajstić information content (AvgIpc) is 2.95. The summed E-state index contributed by atoms with van der Waals surface area (Å²) in [4.78, 5) is 11.6. The van der Waals surface area contributed by atoms with Crippen LogP contribution in [0, 0.1) is 5.92 Å². The predicted octanol–water partition coefficient (Wildman–Crippen LogP) is 1.63. The summed E-state index contributed by atoms with van der Waals surface area (Å²) in [6, 6.07) is 7.67. The molecule has 6 heteroatoms. The molecule has 0 saturated heterocycles. The van der Waals surface area contributed by atoms with Crippen molar-refractivity contribution in [1.29, 1.82) is 0 Å². The van der Waals surface area contributed by atoms with Gasteiger partial charge in [-0.2, -0.15) is 0 Å². The van der Waals surface area contributed by atoms with Crippen molar-refractivity contribution >= 4 is 31.9 Å². The Morgan fingerprint density at radius 2 is 2.06 bits per heavy atom. The maximum Gasteiger partial charge on any atom is 0.237 e. The molecule has 17 heavy (non-hydrogen) atoms. The highest BCUT2D eigenvalue weighted by molar-refractivity contribution is 9.10. The monoisotopic (exact) mass is 317 g/mol. The Labute approximate surface area is 109 Å². The number of halogens is 1. The molecular formula is C11H12BrNO3S. The molecule has 2 atom stereocenters. The van der Waals surface area contributed by atoms with Crippen LogP contribution in [-0.2, 0) is 14.8 Å². The second-order valence-electron chi connectivity index (χ2n) is 4.21. The smallest absolute Gasteiger partial charge is 0.237 e. The lowest BCUT2D eigenvalue weighted by Crippen LogP contribution is -2.30. The Morgan fingerprint density at radius 1 is 1.41 bits per heavy atom. The number of hydrogen-bond donors (Lipinski definition) is 1. The predicted molar refractivity (Wildman–Crippen MR) is 68.0 cm³/mol. The number of rotatable bonds is 3. The largest absolute Gasteiger partial charge is 0.274 e. The standard InChI is InChI=1S/C11H12BrNO3S/c1-17(15,16)13-11(14)9-6-8(9)7-4-2-3-5-10(7)12/h2-5,8-9H,6H2,1H3,(H,13,14)/t8-,9-/m0/s1. The first kappa shape index (κ1) is 12.6. The molecule has 2 rings (SSSR count). The Balaban J connectivity index is 2.07. The molecule has 0 bridgehead atoms. The molecule has 1 aromatic rings. The summed E-state index contributed by atoms with van der Waals surface area (Å²) in [5.41, 5.74) is 1.06. The van der Waals surface area contributed by atoms with Crippen LogP contribution in [0.4, 0.5) is 0 Å². The van der Waals surface area contributed by atoms with Crippen molar-refractivity contribution in [1.82, 2.24) is 4.72 Å². The minimum Gasteiger partial charge on any atom is -0.274 e. The zero-order valence-electron chi connectivity index (χ0n) is 9.18. The highest BCUT2D eigenvalue weighted by Crippen LogP contribution is 2.49. The van der Waals surface area contributed by atoms with Crippen molar-refractivity contribution in [2.45, 2.75) is 12.3 Å². The van der Waals surface area contributed by atoms with E-state index >= 15 is 0 Å². The SMILES string of the molecule is CS(=O)(=O)NC(=O)[C@H]1C[C@H]1c1ccccc1Br. The number of sulfonamides is 1. The van der Waals surface area contributed by atoms with Gasteiger partial charge < -0.3 is 0 Å². The van der Waals surface area contributed by atoms with Gasteiger partial charge in [0.05, 0.1) is 6.26 Å². The lowest BCUT2D eigenvalue weighted by Gasteiger charge is -2.04. The first-order chi connectivity index (χ1) is 7.88. The van der Waals surface area contributed by atoms with E-state index in [0.717, 1.165) is 16.3 Å². The van der Waals surface area contributed by atoms with Crippen LogP contribution in [0.1, 0.15) is 17.9 Å². The van der Waals surface area contributed by atoms with E-state index in [4.69, 9.17) is 0 Å². The number of carbonyl (C=O) groups excluding carboxylic acids is 1. The van der Waals surface area contributed by atoms with Gasteiger partial charge in [-0.05, 0) is 24.0 Å². The van der Waals surface area contributed by atoms with Crippen molar-refractivity contribution in [2.24, 2.45) is 5.92 Å². The van der Waals surface area contributed by atoms with Gasteiger partial charge in [-0.15, -0.1) is 0 Å². The Bertz CT molecular complexity index is 556. The van der Waals surface area contributed by atoms with Gasteiger partial charge in [-0.25, -0.2) is 8.42 Å². The van der Waals surface area contributed by atoms with Crippen LogP contribution in [0.2, 0.25) is 0 Å². The molecule has 1 fully saturated rings. The van der Waals surface area contributed by atoms with Crippen LogP contribution < -0.4 is 4.72 Å². The molecule has 0 aromatic heterocycles. The lowest BCUT2D eigenvalue weighted by atomic mass is 10.1. The minimum atomic E-state index is -3.46. The summed E-state index contributed by atoms with van der Waals surface area (Å²) in [6.07, 6.45) is 1.69. The number of benzene rings is 1. The van der Waals surface area contributed by atoms with Gasteiger partial charge in [0.15, 0.2) is 0 Å². The first-order valence-corrected chi connectivity index (χ1v) is 7.83. The van der Waals surface area contributed by atoms with Crippen LogP contribution in [0.15, 0.2) is 28.7 Å². The Kier molecular flexibility index (Phi) is 3.27. The third-order valence-corrected chi connectivity index (χ3v) is 4.01. The minimum absolute atomic E-state index is 0.118. The van der Waals surface area contributed by atoms with Crippen molar-refractivity contribution in [3.8, 4) is 0 Å². The van der Waals surface area contributed by atoms with E-state index in [1.54, 1.807) is 0 Å². The molecule has 1 aliphatic carbocycles. The second kappa shape index (κ2) is 4.42. The van der Waals surface area contributed by atoms with Crippen LogP contribution in [-0.4, -0.2) is 20.6 Å². The highest BCUT2D eigenvalue weighted by atomic mass is 79.9. The maximum atomic E-state index is 11.6. The third kappa shape index (κ3) is 3.07. The maximum absolute atomic E-state index is 11.6. The summed E-state index contributed by atoms with van der Waals surface area (Å²) in [6.45, 7) is 0. The molecule has 0 aliphatic heterocycles. The first-order valence-electron chi connectivity index (χ1n) is 5.14. The van der Waals surface area contributed by atoms with E-state index in [2.05, 4.69) is 15.9 Å². The summed E-state index contributed by atoms with van der Waals surface area (Å²) in [7, 11) is -3.46. The quantitative estimate of drug-likeness (QED) is 0.921. The molecule has 4 nitrogen and oxygen atoms in total. The van der Waals surface area contributed by atoms with E-state index in [0.29, 0.717) is 6.42 Å². The molecule has 0 unspecified atom stereocenters. The second-order valence-corrected chi connectivity index (χ2v) is 6.81. The van der Waals surface area contributed by atoms with E-state index in [1.807, 2.05) is 29.0 Å². The number of amides is 1. The van der Waals surface area contributed by atoms with Gasteiger partial charge in [0, 0.05) is 10.4 Å². The normalized spacial score (nSPS) is 23.2. The fraction of sp³-hybridized carbons (Fsp3) is 0.364. The van der Waals surface area contributed by atoms with Crippen molar-refractivity contribution < 1.29 is 13.2 Å². The molecule has 1 saturated carbocycles. The van der Waals surface area contributed by atoms with Gasteiger partial charge in [0.2, 0.25) is 15.9 Å². The van der Waals surface area contributed by atoms with Crippen LogP contribution in [0.3, 0.4) is 0 Å². The number of carbonyl (C=O) groups is 1. The number of nitrogens with one attached hydrogen (secondary N) is 1. The van der Waals surface area contributed by atoms with Crippen LogP contribution >= 0.6 is 15.9 Å². The van der Waals surface area contributed by atoms with Gasteiger partial charge in [-0.1, -0.05) is 34.1 Å². The van der Waals surface area contributed by atoms with Crippen molar-refractivity contribution in [2.75, 3.05) is 6.26 Å². The van der Waals surface area contributed by atoms with Crippen molar-refractivity contribution in [3.63, 3.8) is 0 Å². The Hall–Kier alpha value is -0.880.